The predicted molar refractivity (Wildman–Crippen MR) is 67.0 cm³/mol. The molecule has 1 unspecified atom stereocenters. The van der Waals surface area contributed by atoms with E-state index in [-0.39, 0.29) is 0 Å². The van der Waals surface area contributed by atoms with E-state index >= 15 is 0 Å². The summed E-state index contributed by atoms with van der Waals surface area (Å²) in [5.41, 5.74) is 0. The van der Waals surface area contributed by atoms with E-state index in [1.807, 2.05) is 0 Å². The Hall–Kier alpha value is -0.590. The minimum atomic E-state index is 0.744. The van der Waals surface area contributed by atoms with Crippen molar-refractivity contribution in [1.29, 1.82) is 0 Å². The highest BCUT2D eigenvalue weighted by Gasteiger charge is 2.01. The summed E-state index contributed by atoms with van der Waals surface area (Å²) in [6, 6.07) is 0. The van der Waals surface area contributed by atoms with Crippen molar-refractivity contribution in [2.45, 2.75) is 65.2 Å². The van der Waals surface area contributed by atoms with Crippen LogP contribution in [-0.4, -0.2) is 6.29 Å². The van der Waals surface area contributed by atoms with Gasteiger partial charge in [-0.15, -0.1) is 0 Å². The van der Waals surface area contributed by atoms with Crippen molar-refractivity contribution in [2.75, 3.05) is 0 Å². The smallest absolute Gasteiger partial charge is 0.119 e. The zero-order chi connectivity index (χ0) is 11.4. The lowest BCUT2D eigenvalue weighted by molar-refractivity contribution is -0.107. The van der Waals surface area contributed by atoms with Gasteiger partial charge in [-0.25, -0.2) is 0 Å². The highest BCUT2D eigenvalue weighted by molar-refractivity contribution is 5.48. The average Bonchev–Trinajstić information content (AvgIpc) is 2.24. The lowest BCUT2D eigenvalue weighted by Crippen LogP contribution is -1.95. The molecule has 0 fully saturated rings. The lowest BCUT2D eigenvalue weighted by Gasteiger charge is -2.09. The molecule has 1 nitrogen and oxygen atoms in total. The molecule has 0 amide bonds. The van der Waals surface area contributed by atoms with Gasteiger partial charge in [0.15, 0.2) is 0 Å². The molecule has 0 rings (SSSR count). The maximum absolute atomic E-state index is 10.1. The summed E-state index contributed by atoms with van der Waals surface area (Å²) >= 11 is 0. The first-order valence-electron chi connectivity index (χ1n) is 6.36. The SMILES string of the molecule is C/C=C/CCCCC(C)CCCCC=O. The topological polar surface area (TPSA) is 17.1 Å². The molecule has 0 aliphatic carbocycles. The van der Waals surface area contributed by atoms with Gasteiger partial charge in [0.05, 0.1) is 0 Å². The molecule has 0 saturated carbocycles. The molecular weight excluding hydrogens is 184 g/mol. The van der Waals surface area contributed by atoms with E-state index in [9.17, 15) is 4.79 Å². The zero-order valence-electron chi connectivity index (χ0n) is 10.4. The summed E-state index contributed by atoms with van der Waals surface area (Å²) < 4.78 is 0. The standard InChI is InChI=1S/C14H26O/c1-3-4-5-6-8-11-14(2)12-9-7-10-13-15/h3-4,13-14H,5-12H2,1-2H3/b4-3+. The summed E-state index contributed by atoms with van der Waals surface area (Å²) in [5, 5.41) is 0. The second-order valence-electron chi connectivity index (χ2n) is 4.41. The van der Waals surface area contributed by atoms with Gasteiger partial charge < -0.3 is 4.79 Å². The molecule has 0 bridgehead atoms. The predicted octanol–water partition coefficient (Wildman–Crippen LogP) is 4.52. The van der Waals surface area contributed by atoms with E-state index in [1.165, 1.54) is 38.5 Å². The Morgan fingerprint density at radius 2 is 1.60 bits per heavy atom. The van der Waals surface area contributed by atoms with Crippen molar-refractivity contribution in [1.82, 2.24) is 0 Å². The summed E-state index contributed by atoms with van der Waals surface area (Å²) in [4.78, 5) is 10.1. The van der Waals surface area contributed by atoms with Crippen molar-refractivity contribution < 1.29 is 4.79 Å². The van der Waals surface area contributed by atoms with E-state index in [0.717, 1.165) is 25.0 Å². The fourth-order valence-electron chi connectivity index (χ4n) is 1.79. The first-order valence-corrected chi connectivity index (χ1v) is 6.36. The fourth-order valence-corrected chi connectivity index (χ4v) is 1.79. The highest BCUT2D eigenvalue weighted by Crippen LogP contribution is 2.16. The molecule has 0 saturated heterocycles. The molecule has 0 aliphatic rings. The van der Waals surface area contributed by atoms with Gasteiger partial charge in [0.2, 0.25) is 0 Å². The van der Waals surface area contributed by atoms with E-state index in [2.05, 4.69) is 26.0 Å². The van der Waals surface area contributed by atoms with Crippen LogP contribution in [0.2, 0.25) is 0 Å². The van der Waals surface area contributed by atoms with Crippen LogP contribution in [0.25, 0.3) is 0 Å². The minimum absolute atomic E-state index is 0.744. The van der Waals surface area contributed by atoms with E-state index in [1.54, 1.807) is 0 Å². The van der Waals surface area contributed by atoms with E-state index in [4.69, 9.17) is 0 Å². The van der Waals surface area contributed by atoms with Gasteiger partial charge in [0, 0.05) is 6.42 Å². The monoisotopic (exact) mass is 210 g/mol. The van der Waals surface area contributed by atoms with Crippen molar-refractivity contribution in [3.8, 4) is 0 Å². The molecule has 0 aromatic heterocycles. The van der Waals surface area contributed by atoms with E-state index in [0.29, 0.717) is 0 Å². The quantitative estimate of drug-likeness (QED) is 0.294. The van der Waals surface area contributed by atoms with Crippen LogP contribution >= 0.6 is 0 Å². The van der Waals surface area contributed by atoms with Gasteiger partial charge in [-0.2, -0.15) is 0 Å². The lowest BCUT2D eigenvalue weighted by atomic mass is 9.97. The third-order valence-electron chi connectivity index (χ3n) is 2.82. The number of hydrogen-bond acceptors (Lipinski definition) is 1. The third-order valence-corrected chi connectivity index (χ3v) is 2.82. The van der Waals surface area contributed by atoms with Crippen LogP contribution in [0, 0.1) is 5.92 Å². The summed E-state index contributed by atoms with van der Waals surface area (Å²) in [5.74, 6) is 0.835. The summed E-state index contributed by atoms with van der Waals surface area (Å²) in [6.45, 7) is 4.41. The molecule has 88 valence electrons. The molecule has 1 heteroatoms. The third kappa shape index (κ3) is 11.3. The second kappa shape index (κ2) is 11.5. The number of allylic oxidation sites excluding steroid dienone is 2. The van der Waals surface area contributed by atoms with Crippen LogP contribution in [0.15, 0.2) is 12.2 Å². The van der Waals surface area contributed by atoms with E-state index < -0.39 is 0 Å². The molecule has 0 heterocycles. The van der Waals surface area contributed by atoms with Gasteiger partial charge in [-0.1, -0.05) is 44.8 Å². The van der Waals surface area contributed by atoms with Crippen LogP contribution in [0.5, 0.6) is 0 Å². The Morgan fingerprint density at radius 3 is 2.13 bits per heavy atom. The maximum atomic E-state index is 10.1. The van der Waals surface area contributed by atoms with Gasteiger partial charge in [-0.3, -0.25) is 0 Å². The Labute approximate surface area is 95.0 Å². The molecule has 0 radical (unpaired) electrons. The van der Waals surface area contributed by atoms with Gasteiger partial charge >= 0.3 is 0 Å². The maximum Gasteiger partial charge on any atom is 0.119 e. The Balaban J connectivity index is 3.17. The number of rotatable bonds is 10. The van der Waals surface area contributed by atoms with Gasteiger partial charge in [0.1, 0.15) is 6.29 Å². The largest absolute Gasteiger partial charge is 0.303 e. The van der Waals surface area contributed by atoms with Crippen molar-refractivity contribution in [2.24, 2.45) is 5.92 Å². The van der Waals surface area contributed by atoms with Gasteiger partial charge in [0.25, 0.3) is 0 Å². The highest BCUT2D eigenvalue weighted by atomic mass is 16.1. The van der Waals surface area contributed by atoms with Crippen LogP contribution in [-0.2, 0) is 4.79 Å². The molecule has 1 atom stereocenters. The second-order valence-corrected chi connectivity index (χ2v) is 4.41. The molecule has 0 aromatic rings. The molecule has 0 spiro atoms. The average molecular weight is 210 g/mol. The first kappa shape index (κ1) is 14.4. The minimum Gasteiger partial charge on any atom is -0.303 e. The zero-order valence-corrected chi connectivity index (χ0v) is 10.4. The Morgan fingerprint density at radius 1 is 1.00 bits per heavy atom. The number of carbonyl (C=O) groups excluding carboxylic acids is 1. The van der Waals surface area contributed by atoms with Crippen LogP contribution < -0.4 is 0 Å². The number of unbranched alkanes of at least 4 members (excludes halogenated alkanes) is 4. The molecule has 0 aliphatic heterocycles. The first-order chi connectivity index (χ1) is 7.31. The number of hydrogen-bond donors (Lipinski definition) is 0. The molecule has 15 heavy (non-hydrogen) atoms. The summed E-state index contributed by atoms with van der Waals surface area (Å²) in [7, 11) is 0. The number of aldehydes is 1. The Kier molecular flexibility index (Phi) is 11.0. The van der Waals surface area contributed by atoms with Crippen molar-refractivity contribution in [3.63, 3.8) is 0 Å². The van der Waals surface area contributed by atoms with Crippen molar-refractivity contribution >= 4 is 6.29 Å². The molecule has 0 N–H and O–H groups in total. The Bertz CT molecular complexity index is 161. The molecule has 0 aromatic carbocycles. The number of carbonyl (C=O) groups is 1. The summed E-state index contributed by atoms with van der Waals surface area (Å²) in [6.07, 6.45) is 15.0. The van der Waals surface area contributed by atoms with Crippen LogP contribution in [0.4, 0.5) is 0 Å². The normalized spacial score (nSPS) is 13.2. The van der Waals surface area contributed by atoms with Crippen molar-refractivity contribution in [3.05, 3.63) is 12.2 Å². The molecular formula is C14H26O. The van der Waals surface area contributed by atoms with Crippen LogP contribution in [0.1, 0.15) is 65.2 Å². The van der Waals surface area contributed by atoms with Gasteiger partial charge in [-0.05, 0) is 32.1 Å². The van der Waals surface area contributed by atoms with Crippen LogP contribution in [0.3, 0.4) is 0 Å². The fraction of sp³-hybridized carbons (Fsp3) is 0.786.